The number of fused-ring (bicyclic) bond motifs is 3. The second-order valence-electron chi connectivity index (χ2n) is 3.71. The van der Waals surface area contributed by atoms with Gasteiger partial charge in [-0.05, 0) is 6.92 Å². The number of rotatable bonds is 1. The third kappa shape index (κ3) is 4.04. The number of aliphatic hydroxyl groups excluding tert-OH is 2. The largest absolute Gasteiger partial charge is 0.394 e. The lowest BCUT2D eigenvalue weighted by molar-refractivity contribution is 0.0647. The lowest BCUT2D eigenvalue weighted by Crippen LogP contribution is -2.55. The van der Waals surface area contributed by atoms with E-state index in [0.717, 1.165) is 0 Å². The first kappa shape index (κ1) is 10.9. The molecule has 4 heteroatoms. The van der Waals surface area contributed by atoms with Gasteiger partial charge in [0.25, 0.3) is 0 Å². The minimum absolute atomic E-state index is 0.139. The van der Waals surface area contributed by atoms with Crippen LogP contribution in [0.5, 0.6) is 0 Å². The Labute approximate surface area is 79.8 Å². The fourth-order valence-electron chi connectivity index (χ4n) is 1.52. The summed E-state index contributed by atoms with van der Waals surface area (Å²) in [7, 11) is 0. The maximum absolute atomic E-state index is 8.11. The van der Waals surface area contributed by atoms with Gasteiger partial charge in [0.2, 0.25) is 0 Å². The summed E-state index contributed by atoms with van der Waals surface area (Å²) >= 11 is 0. The molecule has 4 nitrogen and oxygen atoms in total. The summed E-state index contributed by atoms with van der Waals surface area (Å²) in [6, 6.07) is 0. The van der Waals surface area contributed by atoms with Gasteiger partial charge in [-0.3, -0.25) is 9.80 Å². The molecular weight excluding hydrogens is 168 g/mol. The molecule has 3 aliphatic heterocycles. The van der Waals surface area contributed by atoms with Gasteiger partial charge in [-0.2, -0.15) is 0 Å². The van der Waals surface area contributed by atoms with E-state index in [2.05, 4.69) is 9.80 Å². The molecule has 3 rings (SSSR count). The highest BCUT2D eigenvalue weighted by Crippen LogP contribution is 2.06. The van der Waals surface area contributed by atoms with Crippen LogP contribution < -0.4 is 0 Å². The summed E-state index contributed by atoms with van der Waals surface area (Å²) in [5.74, 6) is 0. The molecule has 0 radical (unpaired) electrons. The van der Waals surface area contributed by atoms with E-state index in [-0.39, 0.29) is 6.61 Å². The van der Waals surface area contributed by atoms with Crippen LogP contribution in [0.4, 0.5) is 0 Å². The van der Waals surface area contributed by atoms with Gasteiger partial charge in [0.1, 0.15) is 0 Å². The van der Waals surface area contributed by atoms with Crippen LogP contribution in [-0.4, -0.2) is 72.0 Å². The van der Waals surface area contributed by atoms with Gasteiger partial charge >= 0.3 is 0 Å². The lowest BCUT2D eigenvalue weighted by atomic mass is 10.2. The van der Waals surface area contributed by atoms with E-state index in [9.17, 15) is 0 Å². The molecule has 1 unspecified atom stereocenters. The molecule has 0 aliphatic carbocycles. The molecule has 3 saturated heterocycles. The molecule has 2 bridgehead atoms. The smallest absolute Gasteiger partial charge is 0.0742 e. The van der Waals surface area contributed by atoms with Gasteiger partial charge in [0, 0.05) is 39.3 Å². The Balaban J connectivity index is 0.000000149. The summed E-state index contributed by atoms with van der Waals surface area (Å²) in [4.78, 5) is 5.08. The molecule has 0 aromatic carbocycles. The van der Waals surface area contributed by atoms with Crippen LogP contribution in [0.1, 0.15) is 6.92 Å². The molecule has 0 spiro atoms. The Morgan fingerprint density at radius 3 is 1.31 bits per heavy atom. The van der Waals surface area contributed by atoms with Crippen molar-refractivity contribution < 1.29 is 10.2 Å². The van der Waals surface area contributed by atoms with Crippen LogP contribution in [0.3, 0.4) is 0 Å². The SMILES string of the molecule is C1CN2CCN1CC2.CC(O)CO. The zero-order chi connectivity index (χ0) is 9.68. The molecule has 3 heterocycles. The van der Waals surface area contributed by atoms with E-state index < -0.39 is 6.10 Å². The molecule has 78 valence electrons. The van der Waals surface area contributed by atoms with Crippen molar-refractivity contribution in [2.24, 2.45) is 0 Å². The van der Waals surface area contributed by atoms with E-state index in [1.165, 1.54) is 46.2 Å². The second kappa shape index (κ2) is 5.54. The molecule has 0 amide bonds. The Hall–Kier alpha value is -0.160. The van der Waals surface area contributed by atoms with E-state index in [0.29, 0.717) is 0 Å². The van der Waals surface area contributed by atoms with Crippen molar-refractivity contribution in [2.75, 3.05) is 45.9 Å². The molecule has 0 saturated carbocycles. The third-order valence-electron chi connectivity index (χ3n) is 2.46. The third-order valence-corrected chi connectivity index (χ3v) is 2.46. The molecule has 2 N–H and O–H groups in total. The molecule has 0 aromatic heterocycles. The average molecular weight is 188 g/mol. The fraction of sp³-hybridized carbons (Fsp3) is 1.00. The fourth-order valence-corrected chi connectivity index (χ4v) is 1.52. The van der Waals surface area contributed by atoms with Crippen LogP contribution in [0.25, 0.3) is 0 Å². The predicted octanol–water partition coefficient (Wildman–Crippen LogP) is -1.02. The molecule has 3 fully saturated rings. The van der Waals surface area contributed by atoms with Crippen molar-refractivity contribution in [1.29, 1.82) is 0 Å². The van der Waals surface area contributed by atoms with Gasteiger partial charge in [-0.15, -0.1) is 0 Å². The monoisotopic (exact) mass is 188 g/mol. The van der Waals surface area contributed by atoms with Crippen LogP contribution in [0.2, 0.25) is 0 Å². The minimum atomic E-state index is -0.560. The standard InChI is InChI=1S/C6H12N2.C3H8O2/c1-2-8-5-3-7(1)4-6-8;1-3(5)2-4/h1-6H2;3-5H,2H2,1H3. The van der Waals surface area contributed by atoms with Crippen molar-refractivity contribution in [1.82, 2.24) is 9.80 Å². The quantitative estimate of drug-likeness (QED) is 0.553. The molecule has 0 aromatic rings. The Bertz CT molecular complexity index is 111. The van der Waals surface area contributed by atoms with Gasteiger partial charge in [0.15, 0.2) is 0 Å². The van der Waals surface area contributed by atoms with Crippen molar-refractivity contribution >= 4 is 0 Å². The number of aliphatic hydroxyl groups is 2. The summed E-state index contributed by atoms with van der Waals surface area (Å²) < 4.78 is 0. The predicted molar refractivity (Wildman–Crippen MR) is 51.6 cm³/mol. The van der Waals surface area contributed by atoms with E-state index in [1.807, 2.05) is 0 Å². The Kier molecular flexibility index (Phi) is 4.66. The average Bonchev–Trinajstić information content (AvgIpc) is 2.21. The van der Waals surface area contributed by atoms with Crippen molar-refractivity contribution in [2.45, 2.75) is 13.0 Å². The second-order valence-corrected chi connectivity index (χ2v) is 3.71. The van der Waals surface area contributed by atoms with Crippen molar-refractivity contribution in [3.63, 3.8) is 0 Å². The van der Waals surface area contributed by atoms with Gasteiger partial charge in [-0.25, -0.2) is 0 Å². The first-order valence-electron chi connectivity index (χ1n) is 4.96. The van der Waals surface area contributed by atoms with Crippen molar-refractivity contribution in [3.05, 3.63) is 0 Å². The van der Waals surface area contributed by atoms with Crippen LogP contribution >= 0.6 is 0 Å². The Morgan fingerprint density at radius 2 is 1.23 bits per heavy atom. The van der Waals surface area contributed by atoms with Gasteiger partial charge in [0.05, 0.1) is 12.7 Å². The zero-order valence-corrected chi connectivity index (χ0v) is 8.32. The minimum Gasteiger partial charge on any atom is -0.394 e. The molecule has 1 atom stereocenters. The van der Waals surface area contributed by atoms with E-state index in [1.54, 1.807) is 0 Å². The zero-order valence-electron chi connectivity index (χ0n) is 8.32. The highest BCUT2D eigenvalue weighted by Gasteiger charge is 2.21. The maximum atomic E-state index is 8.11. The normalized spacial score (nSPS) is 33.5. The van der Waals surface area contributed by atoms with Gasteiger partial charge < -0.3 is 10.2 Å². The number of hydrogen-bond donors (Lipinski definition) is 2. The van der Waals surface area contributed by atoms with Gasteiger partial charge in [-0.1, -0.05) is 0 Å². The summed E-state index contributed by atoms with van der Waals surface area (Å²) in [6.45, 7) is 9.31. The highest BCUT2D eigenvalue weighted by molar-refractivity contribution is 4.78. The highest BCUT2D eigenvalue weighted by atomic mass is 16.3. The first-order valence-corrected chi connectivity index (χ1v) is 4.96. The molecule has 13 heavy (non-hydrogen) atoms. The lowest BCUT2D eigenvalue weighted by Gasteiger charge is -2.41. The maximum Gasteiger partial charge on any atom is 0.0742 e. The number of nitrogens with zero attached hydrogens (tertiary/aromatic N) is 2. The summed E-state index contributed by atoms with van der Waals surface area (Å²) in [5, 5.41) is 16.0. The molecule has 3 aliphatic rings. The van der Waals surface area contributed by atoms with Crippen LogP contribution in [-0.2, 0) is 0 Å². The summed E-state index contributed by atoms with van der Waals surface area (Å²) in [5.41, 5.74) is 0. The van der Waals surface area contributed by atoms with E-state index in [4.69, 9.17) is 10.2 Å². The van der Waals surface area contributed by atoms with E-state index >= 15 is 0 Å². The Morgan fingerprint density at radius 1 is 1.00 bits per heavy atom. The number of hydrogen-bond acceptors (Lipinski definition) is 4. The topological polar surface area (TPSA) is 46.9 Å². The van der Waals surface area contributed by atoms with Crippen molar-refractivity contribution in [3.8, 4) is 0 Å². The summed E-state index contributed by atoms with van der Waals surface area (Å²) in [6.07, 6.45) is -0.560. The number of piperazine rings is 3. The molecular formula is C9H20N2O2. The van der Waals surface area contributed by atoms with Crippen LogP contribution in [0, 0.1) is 0 Å². The first-order chi connectivity index (χ1) is 6.22. The van der Waals surface area contributed by atoms with Crippen LogP contribution in [0.15, 0.2) is 0 Å².